The van der Waals surface area contributed by atoms with Gasteiger partial charge in [0.05, 0.1) is 22.9 Å². The smallest absolute Gasteiger partial charge is 0.0658 e. The van der Waals surface area contributed by atoms with Gasteiger partial charge in [-0.3, -0.25) is 0 Å². The fourth-order valence-corrected chi connectivity index (χ4v) is 2.02. The zero-order valence-electron chi connectivity index (χ0n) is 10.7. The Kier molecular flexibility index (Phi) is 5.79. The molecule has 96 valence electrons. The maximum atomic E-state index is 9.53. The van der Waals surface area contributed by atoms with Crippen molar-refractivity contribution in [3.63, 3.8) is 0 Å². The summed E-state index contributed by atoms with van der Waals surface area (Å²) in [6.07, 6.45) is 4.45. The number of rotatable bonds is 7. The Morgan fingerprint density at radius 3 is 2.59 bits per heavy atom. The molecule has 0 heterocycles. The monoisotopic (exact) mass is 255 g/mol. The van der Waals surface area contributed by atoms with Crippen molar-refractivity contribution in [3.05, 3.63) is 29.3 Å². The van der Waals surface area contributed by atoms with Gasteiger partial charge in [-0.05, 0) is 25.5 Å². The van der Waals surface area contributed by atoms with E-state index in [1.54, 1.807) is 0 Å². The summed E-state index contributed by atoms with van der Waals surface area (Å²) in [5.74, 6) is 0. The molecule has 0 aliphatic heterocycles. The molecular formula is C14H22ClNO. The fourth-order valence-electron chi connectivity index (χ4n) is 1.83. The number of halogens is 1. The average molecular weight is 256 g/mol. The Hall–Kier alpha value is -0.730. The highest BCUT2D eigenvalue weighted by Gasteiger charge is 2.23. The summed E-state index contributed by atoms with van der Waals surface area (Å²) >= 11 is 6.10. The summed E-state index contributed by atoms with van der Waals surface area (Å²) in [5.41, 5.74) is 0.599. The Bertz CT molecular complexity index is 343. The van der Waals surface area contributed by atoms with E-state index >= 15 is 0 Å². The van der Waals surface area contributed by atoms with Gasteiger partial charge in [0.1, 0.15) is 0 Å². The molecule has 0 spiro atoms. The summed E-state index contributed by atoms with van der Waals surface area (Å²) in [6, 6.07) is 7.64. The Morgan fingerprint density at radius 1 is 1.29 bits per heavy atom. The lowest BCUT2D eigenvalue weighted by Crippen LogP contribution is -2.38. The SMILES string of the molecule is CCCCCC(C)(CO)Nc1ccccc1Cl. The van der Waals surface area contributed by atoms with Crippen molar-refractivity contribution < 1.29 is 5.11 Å². The third-order valence-corrected chi connectivity index (χ3v) is 3.32. The molecule has 0 fully saturated rings. The molecule has 1 aromatic rings. The third-order valence-electron chi connectivity index (χ3n) is 2.99. The van der Waals surface area contributed by atoms with Gasteiger partial charge in [0.25, 0.3) is 0 Å². The predicted octanol–water partition coefficient (Wildman–Crippen LogP) is 4.08. The van der Waals surface area contributed by atoms with Crippen molar-refractivity contribution in [2.45, 2.75) is 45.1 Å². The van der Waals surface area contributed by atoms with Crippen molar-refractivity contribution in [3.8, 4) is 0 Å². The van der Waals surface area contributed by atoms with Crippen LogP contribution >= 0.6 is 11.6 Å². The van der Waals surface area contributed by atoms with Crippen LogP contribution < -0.4 is 5.32 Å². The van der Waals surface area contributed by atoms with Gasteiger partial charge < -0.3 is 10.4 Å². The first-order valence-electron chi connectivity index (χ1n) is 6.25. The van der Waals surface area contributed by atoms with E-state index in [-0.39, 0.29) is 12.1 Å². The molecule has 1 unspecified atom stereocenters. The molecule has 1 atom stereocenters. The van der Waals surface area contributed by atoms with E-state index in [0.717, 1.165) is 18.5 Å². The quantitative estimate of drug-likeness (QED) is 0.720. The summed E-state index contributed by atoms with van der Waals surface area (Å²) < 4.78 is 0. The maximum absolute atomic E-state index is 9.53. The number of para-hydroxylation sites is 1. The lowest BCUT2D eigenvalue weighted by atomic mass is 9.95. The van der Waals surface area contributed by atoms with Gasteiger partial charge in [-0.15, -0.1) is 0 Å². The summed E-state index contributed by atoms with van der Waals surface area (Å²) in [6.45, 7) is 4.33. The largest absolute Gasteiger partial charge is 0.394 e. The zero-order valence-corrected chi connectivity index (χ0v) is 11.4. The maximum Gasteiger partial charge on any atom is 0.0658 e. The van der Waals surface area contributed by atoms with Gasteiger partial charge >= 0.3 is 0 Å². The van der Waals surface area contributed by atoms with Crippen LogP contribution in [0, 0.1) is 0 Å². The first kappa shape index (κ1) is 14.3. The van der Waals surface area contributed by atoms with E-state index in [1.165, 1.54) is 12.8 Å². The second kappa shape index (κ2) is 6.87. The van der Waals surface area contributed by atoms with Crippen molar-refractivity contribution >= 4 is 17.3 Å². The van der Waals surface area contributed by atoms with Gasteiger partial charge in [-0.2, -0.15) is 0 Å². The second-order valence-electron chi connectivity index (χ2n) is 4.78. The molecular weight excluding hydrogens is 234 g/mol. The molecule has 0 radical (unpaired) electrons. The number of anilines is 1. The Morgan fingerprint density at radius 2 is 2.00 bits per heavy atom. The van der Waals surface area contributed by atoms with Crippen molar-refractivity contribution in [2.24, 2.45) is 0 Å². The Labute approximate surface area is 109 Å². The molecule has 2 nitrogen and oxygen atoms in total. The van der Waals surface area contributed by atoms with Crippen LogP contribution in [0.15, 0.2) is 24.3 Å². The van der Waals surface area contributed by atoms with Crippen LogP contribution in [0.25, 0.3) is 0 Å². The molecule has 0 amide bonds. The van der Waals surface area contributed by atoms with Gasteiger partial charge in [0.15, 0.2) is 0 Å². The fraction of sp³-hybridized carbons (Fsp3) is 0.571. The van der Waals surface area contributed by atoms with E-state index in [9.17, 15) is 5.11 Å². The van der Waals surface area contributed by atoms with Crippen LogP contribution in [0.1, 0.15) is 39.5 Å². The average Bonchev–Trinajstić information content (AvgIpc) is 2.33. The number of hydrogen-bond acceptors (Lipinski definition) is 2. The molecule has 2 N–H and O–H groups in total. The number of nitrogens with one attached hydrogen (secondary N) is 1. The number of hydrogen-bond donors (Lipinski definition) is 2. The minimum Gasteiger partial charge on any atom is -0.394 e. The van der Waals surface area contributed by atoms with Crippen LogP contribution in [0.4, 0.5) is 5.69 Å². The molecule has 1 aromatic carbocycles. The van der Waals surface area contributed by atoms with Gasteiger partial charge in [-0.1, -0.05) is 49.9 Å². The first-order valence-corrected chi connectivity index (χ1v) is 6.62. The normalized spacial score (nSPS) is 14.4. The second-order valence-corrected chi connectivity index (χ2v) is 5.19. The summed E-state index contributed by atoms with van der Waals surface area (Å²) in [5, 5.41) is 13.6. The lowest BCUT2D eigenvalue weighted by Gasteiger charge is -2.30. The Balaban J connectivity index is 2.65. The van der Waals surface area contributed by atoms with Crippen molar-refractivity contribution in [2.75, 3.05) is 11.9 Å². The highest BCUT2D eigenvalue weighted by atomic mass is 35.5. The molecule has 0 aromatic heterocycles. The highest BCUT2D eigenvalue weighted by molar-refractivity contribution is 6.33. The van der Waals surface area contributed by atoms with E-state index in [2.05, 4.69) is 12.2 Å². The first-order chi connectivity index (χ1) is 8.11. The molecule has 0 saturated carbocycles. The van der Waals surface area contributed by atoms with Crippen LogP contribution in [0.5, 0.6) is 0 Å². The van der Waals surface area contributed by atoms with E-state index in [0.29, 0.717) is 5.02 Å². The topological polar surface area (TPSA) is 32.3 Å². The standard InChI is InChI=1S/C14H22ClNO/c1-3-4-7-10-14(2,11-17)16-13-9-6-5-8-12(13)15/h5-6,8-9,16-17H,3-4,7,10-11H2,1-2H3. The van der Waals surface area contributed by atoms with Crippen molar-refractivity contribution in [1.29, 1.82) is 0 Å². The third kappa shape index (κ3) is 4.57. The van der Waals surface area contributed by atoms with Crippen LogP contribution in [-0.4, -0.2) is 17.3 Å². The number of aliphatic hydroxyl groups is 1. The predicted molar refractivity (Wildman–Crippen MR) is 74.7 cm³/mol. The molecule has 0 saturated heterocycles. The number of aliphatic hydroxyl groups excluding tert-OH is 1. The molecule has 0 aliphatic carbocycles. The summed E-state index contributed by atoms with van der Waals surface area (Å²) in [7, 11) is 0. The number of unbranched alkanes of at least 4 members (excludes halogenated alkanes) is 2. The zero-order chi connectivity index (χ0) is 12.7. The van der Waals surface area contributed by atoms with E-state index < -0.39 is 0 Å². The lowest BCUT2D eigenvalue weighted by molar-refractivity contribution is 0.212. The minimum atomic E-state index is -0.292. The summed E-state index contributed by atoms with van der Waals surface area (Å²) in [4.78, 5) is 0. The van der Waals surface area contributed by atoms with Crippen molar-refractivity contribution in [1.82, 2.24) is 0 Å². The van der Waals surface area contributed by atoms with Crippen LogP contribution in [-0.2, 0) is 0 Å². The van der Waals surface area contributed by atoms with Crippen LogP contribution in [0.3, 0.4) is 0 Å². The van der Waals surface area contributed by atoms with Gasteiger partial charge in [0.2, 0.25) is 0 Å². The highest BCUT2D eigenvalue weighted by Crippen LogP contribution is 2.26. The van der Waals surface area contributed by atoms with E-state index in [4.69, 9.17) is 11.6 Å². The molecule has 0 aliphatic rings. The molecule has 17 heavy (non-hydrogen) atoms. The number of benzene rings is 1. The van der Waals surface area contributed by atoms with E-state index in [1.807, 2.05) is 31.2 Å². The molecule has 1 rings (SSSR count). The van der Waals surface area contributed by atoms with Gasteiger partial charge in [0, 0.05) is 0 Å². The van der Waals surface area contributed by atoms with Crippen LogP contribution in [0.2, 0.25) is 5.02 Å². The van der Waals surface area contributed by atoms with Gasteiger partial charge in [-0.25, -0.2) is 0 Å². The molecule has 0 bridgehead atoms. The minimum absolute atomic E-state index is 0.113. The molecule has 3 heteroatoms.